The second-order valence-corrected chi connectivity index (χ2v) is 9.52. The van der Waals surface area contributed by atoms with Gasteiger partial charge in [0.15, 0.2) is 5.82 Å². The molecule has 3 N–H and O–H groups in total. The van der Waals surface area contributed by atoms with Crippen LogP contribution < -0.4 is 10.6 Å². The van der Waals surface area contributed by atoms with Crippen molar-refractivity contribution in [2.24, 2.45) is 0 Å². The molecule has 4 rings (SSSR count). The molecule has 4 atom stereocenters. The van der Waals surface area contributed by atoms with Crippen LogP contribution in [-0.2, 0) is 9.59 Å². The molecule has 11 heteroatoms. The van der Waals surface area contributed by atoms with E-state index in [-0.39, 0.29) is 28.0 Å². The first-order valence-corrected chi connectivity index (χ1v) is 9.94. The largest absolute Gasteiger partial charge is 0.340 e. The number of fused-ring (bicyclic) bond motifs is 1. The van der Waals surface area contributed by atoms with E-state index in [0.717, 1.165) is 4.88 Å². The maximum Gasteiger partial charge on any atom is 0.249 e. The molecule has 2 aromatic heterocycles. The lowest BCUT2D eigenvalue weighted by Crippen LogP contribution is -2.68. The molecule has 4 heterocycles. The first-order valence-electron chi connectivity index (χ1n) is 8.18. The molecule has 2 fully saturated rings. The van der Waals surface area contributed by atoms with Gasteiger partial charge in [-0.2, -0.15) is 0 Å². The Bertz CT molecular complexity index is 808. The summed E-state index contributed by atoms with van der Waals surface area (Å²) in [5.41, 5.74) is 0. The van der Waals surface area contributed by atoms with Gasteiger partial charge in [0.2, 0.25) is 11.8 Å². The predicted molar refractivity (Wildman–Crippen MR) is 97.3 cm³/mol. The predicted octanol–water partition coefficient (Wildman–Crippen LogP) is 0.441. The summed E-state index contributed by atoms with van der Waals surface area (Å²) in [7, 11) is 1.74. The van der Waals surface area contributed by atoms with E-state index in [9.17, 15) is 9.59 Å². The van der Waals surface area contributed by atoms with Gasteiger partial charge < -0.3 is 15.5 Å². The minimum atomic E-state index is -0.538. The minimum Gasteiger partial charge on any atom is -0.340 e. The number of nitrogens with one attached hydrogen (secondary N) is 3. The molecule has 2 aromatic rings. The number of likely N-dealkylation sites (N-methyl/N-ethyl adjacent to an activating group) is 1. The van der Waals surface area contributed by atoms with Crippen molar-refractivity contribution in [3.63, 3.8) is 0 Å². The van der Waals surface area contributed by atoms with Gasteiger partial charge in [0.05, 0.1) is 0 Å². The zero-order valence-corrected chi connectivity index (χ0v) is 16.1. The average molecular weight is 393 g/mol. The monoisotopic (exact) mass is 393 g/mol. The lowest BCUT2D eigenvalue weighted by atomic mass is 9.95. The molecule has 2 amide bonds. The Labute approximate surface area is 158 Å². The third-order valence-electron chi connectivity index (χ3n) is 4.74. The third-order valence-corrected chi connectivity index (χ3v) is 7.25. The van der Waals surface area contributed by atoms with Crippen LogP contribution in [-0.4, -0.2) is 60.5 Å². The Morgan fingerprint density at radius 2 is 2.27 bits per heavy atom. The maximum absolute atomic E-state index is 12.8. The molecular weight excluding hydrogens is 374 g/mol. The first-order chi connectivity index (χ1) is 12.4. The highest BCUT2D eigenvalue weighted by Crippen LogP contribution is 2.56. The Morgan fingerprint density at radius 3 is 2.88 bits per heavy atom. The molecule has 2 aliphatic rings. The van der Waals surface area contributed by atoms with Crippen molar-refractivity contribution in [2.75, 3.05) is 7.05 Å². The normalized spacial score (nSPS) is 27.7. The van der Waals surface area contributed by atoms with Gasteiger partial charge in [0.1, 0.15) is 23.5 Å². The summed E-state index contributed by atoms with van der Waals surface area (Å²) in [6.45, 7) is 4.11. The van der Waals surface area contributed by atoms with E-state index in [2.05, 4.69) is 45.1 Å². The van der Waals surface area contributed by atoms with Crippen LogP contribution in [0, 0.1) is 0 Å². The number of thioether (sulfide) groups is 1. The number of aromatic nitrogens is 4. The number of rotatable bonds is 5. The van der Waals surface area contributed by atoms with Crippen molar-refractivity contribution in [1.29, 1.82) is 0 Å². The van der Waals surface area contributed by atoms with E-state index in [0.29, 0.717) is 5.82 Å². The molecule has 0 spiro atoms. The third kappa shape index (κ3) is 2.61. The number of nitrogens with zero attached hydrogens (tertiary/aromatic N) is 4. The van der Waals surface area contributed by atoms with Crippen LogP contribution in [0.4, 0.5) is 0 Å². The Hall–Kier alpha value is -1.98. The molecule has 0 bridgehead atoms. The smallest absolute Gasteiger partial charge is 0.249 e. The van der Waals surface area contributed by atoms with Gasteiger partial charge in [-0.1, -0.05) is 6.07 Å². The van der Waals surface area contributed by atoms with E-state index in [1.165, 1.54) is 11.3 Å². The fourth-order valence-electron chi connectivity index (χ4n) is 3.57. The second kappa shape index (κ2) is 6.32. The number of tetrazole rings is 1. The van der Waals surface area contributed by atoms with Crippen molar-refractivity contribution in [3.8, 4) is 0 Å². The topological polar surface area (TPSA) is 116 Å². The quantitative estimate of drug-likeness (QED) is 0.631. The minimum absolute atomic E-state index is 0.108. The van der Waals surface area contributed by atoms with Gasteiger partial charge in [-0.05, 0) is 42.8 Å². The van der Waals surface area contributed by atoms with Crippen LogP contribution in [0.2, 0.25) is 0 Å². The average Bonchev–Trinajstić information content (AvgIpc) is 3.33. The van der Waals surface area contributed by atoms with Crippen LogP contribution in [0.1, 0.15) is 36.6 Å². The molecule has 0 aromatic carbocycles. The Kier molecular flexibility index (Phi) is 4.24. The molecule has 0 radical (unpaired) electrons. The van der Waals surface area contributed by atoms with Crippen molar-refractivity contribution in [2.45, 2.75) is 42.1 Å². The summed E-state index contributed by atoms with van der Waals surface area (Å²) in [6.07, 6.45) is 0. The van der Waals surface area contributed by atoms with Crippen LogP contribution >= 0.6 is 23.1 Å². The zero-order chi connectivity index (χ0) is 18.5. The lowest BCUT2D eigenvalue weighted by molar-refractivity contribution is -0.152. The number of carbonyl (C=O) groups excluding carboxylic acids is 2. The number of carbonyl (C=O) groups is 2. The van der Waals surface area contributed by atoms with E-state index >= 15 is 0 Å². The van der Waals surface area contributed by atoms with Crippen LogP contribution in [0.25, 0.3) is 0 Å². The number of amides is 2. The number of hydrogen-bond donors (Lipinski definition) is 3. The molecule has 4 unspecified atom stereocenters. The van der Waals surface area contributed by atoms with Crippen LogP contribution in [0.3, 0.4) is 0 Å². The number of H-pyrrole nitrogens is 1. The van der Waals surface area contributed by atoms with Gasteiger partial charge in [-0.25, -0.2) is 5.10 Å². The van der Waals surface area contributed by atoms with Crippen molar-refractivity contribution in [3.05, 3.63) is 28.2 Å². The fourth-order valence-corrected chi connectivity index (χ4v) is 6.04. The summed E-state index contributed by atoms with van der Waals surface area (Å²) in [5, 5.41) is 21.7. The van der Waals surface area contributed by atoms with Gasteiger partial charge in [-0.3, -0.25) is 9.59 Å². The molecular formula is C15H19N7O2S2. The summed E-state index contributed by atoms with van der Waals surface area (Å²) >= 11 is 3.16. The van der Waals surface area contributed by atoms with Gasteiger partial charge in [0.25, 0.3) is 0 Å². The van der Waals surface area contributed by atoms with E-state index in [1.54, 1.807) is 23.7 Å². The molecule has 2 aliphatic heterocycles. The molecule has 138 valence electrons. The van der Waals surface area contributed by atoms with Gasteiger partial charge in [-0.15, -0.1) is 28.2 Å². The van der Waals surface area contributed by atoms with Gasteiger partial charge in [0, 0.05) is 9.62 Å². The van der Waals surface area contributed by atoms with E-state index < -0.39 is 12.1 Å². The number of hydrogen-bond acceptors (Lipinski definition) is 8. The summed E-state index contributed by atoms with van der Waals surface area (Å²) in [5.74, 6) is 0.259. The Morgan fingerprint density at radius 1 is 1.46 bits per heavy atom. The number of aromatic amines is 1. The van der Waals surface area contributed by atoms with Crippen LogP contribution in [0.15, 0.2) is 17.5 Å². The summed E-state index contributed by atoms with van der Waals surface area (Å²) < 4.78 is -0.267. The fraction of sp³-hybridized carbons (Fsp3) is 0.533. The highest BCUT2D eigenvalue weighted by molar-refractivity contribution is 8.01. The van der Waals surface area contributed by atoms with Crippen molar-refractivity contribution < 1.29 is 9.59 Å². The highest BCUT2D eigenvalue weighted by Gasteiger charge is 2.63. The molecule has 2 saturated heterocycles. The number of β-lactam (4-membered cyclic amide) rings is 1. The van der Waals surface area contributed by atoms with E-state index in [1.807, 2.05) is 17.5 Å². The Balaban J connectivity index is 1.51. The first kappa shape index (κ1) is 17.4. The molecule has 0 aliphatic carbocycles. The van der Waals surface area contributed by atoms with Gasteiger partial charge >= 0.3 is 0 Å². The molecule has 0 saturated carbocycles. The molecule has 26 heavy (non-hydrogen) atoms. The maximum atomic E-state index is 12.8. The number of thiophene rings is 1. The SMILES string of the molecule is CNC(C(=O)NC1C(=O)N2C1SC(C)(C)C2c1nnn[nH]1)c1cccs1. The second-order valence-electron chi connectivity index (χ2n) is 6.77. The summed E-state index contributed by atoms with van der Waals surface area (Å²) in [4.78, 5) is 28.1. The van der Waals surface area contributed by atoms with E-state index in [4.69, 9.17) is 0 Å². The highest BCUT2D eigenvalue weighted by atomic mass is 32.2. The zero-order valence-electron chi connectivity index (χ0n) is 14.5. The standard InChI is InChI=1S/C15H19N7O2S2/c1-15(2)10(11-18-20-21-19-11)22-13(24)9(14(22)26-15)17-12(23)8(16-3)7-5-4-6-25-7/h4-6,8-10,14,16H,1-3H3,(H,17,23)(H,18,19,20,21). The summed E-state index contributed by atoms with van der Waals surface area (Å²) in [6, 6.07) is 2.56. The van der Waals surface area contributed by atoms with Crippen molar-refractivity contribution in [1.82, 2.24) is 36.2 Å². The van der Waals surface area contributed by atoms with Crippen molar-refractivity contribution >= 4 is 34.9 Å². The van der Waals surface area contributed by atoms with Crippen LogP contribution in [0.5, 0.6) is 0 Å². The lowest BCUT2D eigenvalue weighted by Gasteiger charge is -2.44. The molecule has 9 nitrogen and oxygen atoms in total.